The number of aryl methyl sites for hydroxylation is 1. The highest BCUT2D eigenvalue weighted by Gasteiger charge is 2.32. The SMILES string of the molecule is Cc1ccc(S(=O)(=O)N2CCCCC2C)cc1C(=O)N1CCN(CCc2ccccc2)CC1. The molecule has 0 bridgehead atoms. The van der Waals surface area contributed by atoms with Gasteiger partial charge in [0.15, 0.2) is 0 Å². The fourth-order valence-corrected chi connectivity index (χ4v) is 6.56. The van der Waals surface area contributed by atoms with E-state index in [2.05, 4.69) is 29.2 Å². The van der Waals surface area contributed by atoms with Gasteiger partial charge in [-0.3, -0.25) is 9.69 Å². The van der Waals surface area contributed by atoms with E-state index in [9.17, 15) is 13.2 Å². The summed E-state index contributed by atoms with van der Waals surface area (Å²) in [4.78, 5) is 17.8. The van der Waals surface area contributed by atoms with Crippen LogP contribution in [0, 0.1) is 6.92 Å². The molecule has 1 atom stereocenters. The number of piperazine rings is 1. The second-order valence-corrected chi connectivity index (χ2v) is 11.2. The minimum Gasteiger partial charge on any atom is -0.336 e. The van der Waals surface area contributed by atoms with Crippen molar-refractivity contribution in [3.05, 3.63) is 65.2 Å². The number of amides is 1. The zero-order valence-corrected chi connectivity index (χ0v) is 20.6. The number of carbonyl (C=O) groups is 1. The smallest absolute Gasteiger partial charge is 0.254 e. The lowest BCUT2D eigenvalue weighted by Crippen LogP contribution is -2.49. The Morgan fingerprint density at radius 2 is 1.70 bits per heavy atom. The Balaban J connectivity index is 1.41. The molecule has 0 N–H and O–H groups in total. The van der Waals surface area contributed by atoms with Crippen LogP contribution >= 0.6 is 0 Å². The molecule has 2 aliphatic heterocycles. The Labute approximate surface area is 198 Å². The molecule has 178 valence electrons. The van der Waals surface area contributed by atoms with Gasteiger partial charge in [0.25, 0.3) is 5.91 Å². The number of hydrogen-bond donors (Lipinski definition) is 0. The largest absolute Gasteiger partial charge is 0.336 e. The first kappa shape index (κ1) is 23.9. The topological polar surface area (TPSA) is 60.9 Å². The lowest BCUT2D eigenvalue weighted by atomic mass is 10.1. The van der Waals surface area contributed by atoms with Gasteiger partial charge in [-0.2, -0.15) is 4.31 Å². The van der Waals surface area contributed by atoms with E-state index in [1.807, 2.05) is 24.8 Å². The first-order valence-electron chi connectivity index (χ1n) is 12.0. The van der Waals surface area contributed by atoms with Crippen LogP contribution in [0.25, 0.3) is 0 Å². The molecule has 0 aliphatic carbocycles. The molecule has 2 saturated heterocycles. The van der Waals surface area contributed by atoms with E-state index in [-0.39, 0.29) is 16.8 Å². The van der Waals surface area contributed by atoms with Gasteiger partial charge in [-0.15, -0.1) is 0 Å². The summed E-state index contributed by atoms with van der Waals surface area (Å²) in [7, 11) is -3.60. The van der Waals surface area contributed by atoms with E-state index in [1.54, 1.807) is 22.5 Å². The molecule has 2 aromatic carbocycles. The van der Waals surface area contributed by atoms with Crippen LogP contribution in [0.4, 0.5) is 0 Å². The van der Waals surface area contributed by atoms with E-state index in [0.717, 1.165) is 50.9 Å². The van der Waals surface area contributed by atoms with Crippen molar-refractivity contribution in [1.29, 1.82) is 0 Å². The third-order valence-electron chi connectivity index (χ3n) is 7.01. The third-order valence-corrected chi connectivity index (χ3v) is 9.02. The highest BCUT2D eigenvalue weighted by molar-refractivity contribution is 7.89. The van der Waals surface area contributed by atoms with Gasteiger partial charge in [-0.05, 0) is 56.4 Å². The van der Waals surface area contributed by atoms with E-state index < -0.39 is 10.0 Å². The van der Waals surface area contributed by atoms with Crippen molar-refractivity contribution in [2.45, 2.75) is 50.5 Å². The first-order valence-corrected chi connectivity index (χ1v) is 13.5. The van der Waals surface area contributed by atoms with Crippen LogP contribution in [0.2, 0.25) is 0 Å². The highest BCUT2D eigenvalue weighted by Crippen LogP contribution is 2.27. The summed E-state index contributed by atoms with van der Waals surface area (Å²) < 4.78 is 28.2. The third kappa shape index (κ3) is 5.48. The Kier molecular flexibility index (Phi) is 7.51. The number of nitrogens with zero attached hydrogens (tertiary/aromatic N) is 3. The number of rotatable bonds is 6. The molecule has 2 aromatic rings. The number of sulfonamides is 1. The molecular weight excluding hydrogens is 434 g/mol. The zero-order valence-electron chi connectivity index (χ0n) is 19.7. The Morgan fingerprint density at radius 3 is 2.39 bits per heavy atom. The van der Waals surface area contributed by atoms with E-state index in [4.69, 9.17) is 0 Å². The summed E-state index contributed by atoms with van der Waals surface area (Å²) in [6.07, 6.45) is 3.83. The van der Waals surface area contributed by atoms with Crippen LogP contribution in [0.1, 0.15) is 47.7 Å². The molecule has 2 heterocycles. The standard InChI is InChI=1S/C26H35N3O3S/c1-21-11-12-24(33(31,32)29-14-7-6-8-22(29)2)20-25(21)26(30)28-18-16-27(17-19-28)15-13-23-9-4-3-5-10-23/h3-5,9-12,20,22H,6-8,13-19H2,1-2H3. The molecule has 0 aromatic heterocycles. The van der Waals surface area contributed by atoms with Gasteiger partial charge in [0.2, 0.25) is 10.0 Å². The van der Waals surface area contributed by atoms with Crippen molar-refractivity contribution in [2.24, 2.45) is 0 Å². The number of benzene rings is 2. The monoisotopic (exact) mass is 469 g/mol. The molecule has 0 spiro atoms. The molecule has 0 radical (unpaired) electrons. The number of piperidine rings is 1. The fourth-order valence-electron chi connectivity index (χ4n) is 4.83. The molecule has 1 amide bonds. The number of hydrogen-bond acceptors (Lipinski definition) is 4. The zero-order chi connectivity index (χ0) is 23.4. The van der Waals surface area contributed by atoms with Crippen LogP contribution in [0.5, 0.6) is 0 Å². The quantitative estimate of drug-likeness (QED) is 0.649. The summed E-state index contributed by atoms with van der Waals surface area (Å²) in [5.74, 6) is -0.0704. The van der Waals surface area contributed by atoms with Gasteiger partial charge in [0.1, 0.15) is 0 Å². The van der Waals surface area contributed by atoms with E-state index >= 15 is 0 Å². The first-order chi connectivity index (χ1) is 15.9. The van der Waals surface area contributed by atoms with Gasteiger partial charge < -0.3 is 4.90 Å². The van der Waals surface area contributed by atoms with Crippen molar-refractivity contribution >= 4 is 15.9 Å². The predicted octanol–water partition coefficient (Wildman–Crippen LogP) is 3.56. The van der Waals surface area contributed by atoms with Crippen LogP contribution in [0.3, 0.4) is 0 Å². The van der Waals surface area contributed by atoms with E-state index in [0.29, 0.717) is 25.2 Å². The minimum atomic E-state index is -3.60. The molecule has 0 saturated carbocycles. The summed E-state index contributed by atoms with van der Waals surface area (Å²) in [5, 5.41) is 0. The van der Waals surface area contributed by atoms with Gasteiger partial charge in [-0.1, -0.05) is 42.8 Å². The van der Waals surface area contributed by atoms with Gasteiger partial charge >= 0.3 is 0 Å². The van der Waals surface area contributed by atoms with Crippen molar-refractivity contribution < 1.29 is 13.2 Å². The molecule has 4 rings (SSSR count). The summed E-state index contributed by atoms with van der Waals surface area (Å²) in [6.45, 7) is 8.36. The normalized spacial score (nSPS) is 20.7. The Morgan fingerprint density at radius 1 is 0.970 bits per heavy atom. The van der Waals surface area contributed by atoms with Crippen molar-refractivity contribution in [2.75, 3.05) is 39.3 Å². The minimum absolute atomic E-state index is 0.00633. The molecule has 1 unspecified atom stereocenters. The van der Waals surface area contributed by atoms with Crippen molar-refractivity contribution in [3.8, 4) is 0 Å². The molecule has 33 heavy (non-hydrogen) atoms. The maximum atomic E-state index is 13.3. The molecular formula is C26H35N3O3S. The van der Waals surface area contributed by atoms with Crippen LogP contribution in [0.15, 0.2) is 53.4 Å². The maximum absolute atomic E-state index is 13.3. The van der Waals surface area contributed by atoms with Crippen LogP contribution in [-0.4, -0.2) is 73.7 Å². The lowest BCUT2D eigenvalue weighted by molar-refractivity contribution is 0.0637. The maximum Gasteiger partial charge on any atom is 0.254 e. The van der Waals surface area contributed by atoms with Gasteiger partial charge in [-0.25, -0.2) is 8.42 Å². The fraction of sp³-hybridized carbons (Fsp3) is 0.500. The highest BCUT2D eigenvalue weighted by atomic mass is 32.2. The van der Waals surface area contributed by atoms with Gasteiger partial charge in [0, 0.05) is 50.9 Å². The van der Waals surface area contributed by atoms with Crippen LogP contribution in [-0.2, 0) is 16.4 Å². The average molecular weight is 470 g/mol. The lowest BCUT2D eigenvalue weighted by Gasteiger charge is -2.35. The summed E-state index contributed by atoms with van der Waals surface area (Å²) in [6, 6.07) is 15.5. The molecule has 7 heteroatoms. The van der Waals surface area contributed by atoms with E-state index in [1.165, 1.54) is 5.56 Å². The molecule has 2 fully saturated rings. The second kappa shape index (κ2) is 10.4. The average Bonchev–Trinajstić information content (AvgIpc) is 2.83. The molecule has 2 aliphatic rings. The van der Waals surface area contributed by atoms with Crippen molar-refractivity contribution in [3.63, 3.8) is 0 Å². The molecule has 6 nitrogen and oxygen atoms in total. The summed E-state index contributed by atoms with van der Waals surface area (Å²) >= 11 is 0. The Bertz CT molecular complexity index is 1060. The number of carbonyl (C=O) groups excluding carboxylic acids is 1. The second-order valence-electron chi connectivity index (χ2n) is 9.31. The summed E-state index contributed by atoms with van der Waals surface area (Å²) in [5.41, 5.74) is 2.64. The van der Waals surface area contributed by atoms with Gasteiger partial charge in [0.05, 0.1) is 4.90 Å². The van der Waals surface area contributed by atoms with Crippen molar-refractivity contribution in [1.82, 2.24) is 14.1 Å². The Hall–Kier alpha value is -2.22. The van der Waals surface area contributed by atoms with Crippen LogP contribution < -0.4 is 0 Å². The predicted molar refractivity (Wildman–Crippen MR) is 131 cm³/mol.